The number of piperidine rings is 1. The molecule has 1 fully saturated rings. The summed E-state index contributed by atoms with van der Waals surface area (Å²) in [5, 5.41) is 20.7. The van der Waals surface area contributed by atoms with Gasteiger partial charge >= 0.3 is 6.09 Å². The van der Waals surface area contributed by atoms with Crippen LogP contribution in [0.2, 0.25) is 0 Å². The predicted molar refractivity (Wildman–Crippen MR) is 122 cm³/mol. The van der Waals surface area contributed by atoms with Crippen molar-refractivity contribution in [3.05, 3.63) is 48.0 Å². The summed E-state index contributed by atoms with van der Waals surface area (Å²) in [5.74, 6) is 1.73. The fraction of sp³-hybridized carbons (Fsp3) is 0.375. The second-order valence-corrected chi connectivity index (χ2v) is 8.18. The molecule has 7 nitrogen and oxygen atoms in total. The second kappa shape index (κ2) is 8.79. The maximum Gasteiger partial charge on any atom is 0.407 e. The van der Waals surface area contributed by atoms with Crippen LogP contribution in [0.15, 0.2) is 42.5 Å². The van der Waals surface area contributed by atoms with Crippen LogP contribution >= 0.6 is 0 Å². The van der Waals surface area contributed by atoms with E-state index in [9.17, 15) is 15.0 Å². The van der Waals surface area contributed by atoms with Gasteiger partial charge in [0.25, 0.3) is 0 Å². The predicted octanol–water partition coefficient (Wildman–Crippen LogP) is 4.53. The highest BCUT2D eigenvalue weighted by Gasteiger charge is 2.26. The van der Waals surface area contributed by atoms with Crippen molar-refractivity contribution in [1.82, 2.24) is 14.9 Å². The highest BCUT2D eigenvalue weighted by atomic mass is 16.4. The SMILES string of the molecule is CCN(C[C@H]1CCCN(c2nc(-c3ccccc3O)nc3cc(C)ccc23)C1)C(=O)O. The molecule has 2 N–H and O–H groups in total. The van der Waals surface area contributed by atoms with Gasteiger partial charge in [0.15, 0.2) is 5.82 Å². The van der Waals surface area contributed by atoms with E-state index in [1.54, 1.807) is 12.1 Å². The highest BCUT2D eigenvalue weighted by Crippen LogP contribution is 2.33. The summed E-state index contributed by atoms with van der Waals surface area (Å²) in [6.45, 7) is 6.51. The minimum Gasteiger partial charge on any atom is -0.507 e. The summed E-state index contributed by atoms with van der Waals surface area (Å²) in [4.78, 5) is 24.8. The topological polar surface area (TPSA) is 89.8 Å². The monoisotopic (exact) mass is 420 g/mol. The number of hydrogen-bond donors (Lipinski definition) is 2. The van der Waals surface area contributed by atoms with Gasteiger partial charge in [-0.3, -0.25) is 0 Å². The van der Waals surface area contributed by atoms with Crippen molar-refractivity contribution in [2.45, 2.75) is 26.7 Å². The van der Waals surface area contributed by atoms with Crippen LogP contribution in [0.5, 0.6) is 5.75 Å². The Bertz CT molecular complexity index is 1100. The number of carboxylic acid groups (broad SMARTS) is 1. The number of aromatic nitrogens is 2. The van der Waals surface area contributed by atoms with Crippen molar-refractivity contribution in [1.29, 1.82) is 0 Å². The zero-order valence-corrected chi connectivity index (χ0v) is 18.0. The molecule has 2 heterocycles. The Hall–Kier alpha value is -3.35. The van der Waals surface area contributed by atoms with Gasteiger partial charge in [-0.15, -0.1) is 0 Å². The van der Waals surface area contributed by atoms with Crippen molar-refractivity contribution in [3.63, 3.8) is 0 Å². The Labute approximate surface area is 182 Å². The number of carbonyl (C=O) groups is 1. The van der Waals surface area contributed by atoms with E-state index in [1.165, 1.54) is 4.90 Å². The van der Waals surface area contributed by atoms with Crippen molar-refractivity contribution >= 4 is 22.8 Å². The molecule has 0 radical (unpaired) electrons. The Morgan fingerprint density at radius 1 is 1.23 bits per heavy atom. The molecule has 0 bridgehead atoms. The van der Waals surface area contributed by atoms with Gasteiger partial charge in [0.1, 0.15) is 11.6 Å². The van der Waals surface area contributed by atoms with Gasteiger partial charge in [0.2, 0.25) is 0 Å². The molecule has 0 unspecified atom stereocenters. The van der Waals surface area contributed by atoms with E-state index in [2.05, 4.69) is 11.0 Å². The van der Waals surface area contributed by atoms with E-state index in [0.717, 1.165) is 48.2 Å². The van der Waals surface area contributed by atoms with E-state index in [0.29, 0.717) is 24.5 Å². The van der Waals surface area contributed by atoms with Gasteiger partial charge in [0.05, 0.1) is 11.1 Å². The number of rotatable bonds is 5. The third kappa shape index (κ3) is 4.40. The van der Waals surface area contributed by atoms with Crippen LogP contribution in [0.25, 0.3) is 22.3 Å². The minimum atomic E-state index is -0.871. The number of anilines is 1. The molecule has 1 aromatic heterocycles. The minimum absolute atomic E-state index is 0.150. The van der Waals surface area contributed by atoms with Crippen LogP contribution in [-0.2, 0) is 0 Å². The lowest BCUT2D eigenvalue weighted by atomic mass is 9.97. The first-order valence-corrected chi connectivity index (χ1v) is 10.8. The maximum absolute atomic E-state index is 11.5. The molecule has 2 aromatic carbocycles. The summed E-state index contributed by atoms with van der Waals surface area (Å²) >= 11 is 0. The molecular weight excluding hydrogens is 392 g/mol. The van der Waals surface area contributed by atoms with Crippen LogP contribution in [0.4, 0.5) is 10.6 Å². The molecular formula is C24H28N4O3. The van der Waals surface area contributed by atoms with Crippen molar-refractivity contribution in [2.24, 2.45) is 5.92 Å². The largest absolute Gasteiger partial charge is 0.507 e. The number of fused-ring (bicyclic) bond motifs is 1. The molecule has 1 atom stereocenters. The van der Waals surface area contributed by atoms with Crippen LogP contribution in [0, 0.1) is 12.8 Å². The number of amides is 1. The fourth-order valence-electron chi connectivity index (χ4n) is 4.31. The van der Waals surface area contributed by atoms with Gasteiger partial charge < -0.3 is 20.0 Å². The fourth-order valence-corrected chi connectivity index (χ4v) is 4.31. The first-order chi connectivity index (χ1) is 15.0. The van der Waals surface area contributed by atoms with Gasteiger partial charge in [-0.1, -0.05) is 18.2 Å². The van der Waals surface area contributed by atoms with Gasteiger partial charge in [0, 0.05) is 31.6 Å². The number of aryl methyl sites for hydroxylation is 1. The van der Waals surface area contributed by atoms with Crippen molar-refractivity contribution in [2.75, 3.05) is 31.1 Å². The van der Waals surface area contributed by atoms with E-state index in [4.69, 9.17) is 9.97 Å². The standard InChI is InChI=1S/C24H28N4O3/c1-3-27(24(30)31)14-17-7-6-12-28(15-17)23-18-11-10-16(2)13-20(18)25-22(26-23)19-8-4-5-9-21(19)29/h4-5,8-11,13,17,29H,3,6-7,12,14-15H2,1-2H3,(H,30,31)/t17-/m1/s1. The maximum atomic E-state index is 11.5. The lowest BCUT2D eigenvalue weighted by Crippen LogP contribution is -2.43. The Morgan fingerprint density at radius 2 is 2.03 bits per heavy atom. The van der Waals surface area contributed by atoms with Gasteiger partial charge in [-0.25, -0.2) is 14.8 Å². The quantitative estimate of drug-likeness (QED) is 0.630. The number of phenols is 1. The smallest absolute Gasteiger partial charge is 0.407 e. The summed E-state index contributed by atoms with van der Waals surface area (Å²) < 4.78 is 0. The number of benzene rings is 2. The average molecular weight is 421 g/mol. The van der Waals surface area contributed by atoms with Crippen LogP contribution in [0.1, 0.15) is 25.3 Å². The van der Waals surface area contributed by atoms with Crippen LogP contribution < -0.4 is 4.90 Å². The average Bonchev–Trinajstić information content (AvgIpc) is 2.76. The number of nitrogens with zero attached hydrogens (tertiary/aromatic N) is 4. The third-order valence-electron chi connectivity index (χ3n) is 5.93. The molecule has 7 heteroatoms. The lowest BCUT2D eigenvalue weighted by molar-refractivity contribution is 0.137. The van der Waals surface area contributed by atoms with E-state index >= 15 is 0 Å². The number of para-hydroxylation sites is 1. The molecule has 162 valence electrons. The number of phenolic OH excluding ortho intramolecular Hbond substituents is 1. The van der Waals surface area contributed by atoms with Crippen molar-refractivity contribution in [3.8, 4) is 17.1 Å². The van der Waals surface area contributed by atoms with Crippen LogP contribution in [0.3, 0.4) is 0 Å². The molecule has 1 amide bonds. The summed E-state index contributed by atoms with van der Waals surface area (Å²) in [5.41, 5.74) is 2.55. The first kappa shape index (κ1) is 20.9. The Kier molecular flexibility index (Phi) is 5.93. The van der Waals surface area contributed by atoms with Gasteiger partial charge in [-0.2, -0.15) is 0 Å². The highest BCUT2D eigenvalue weighted by molar-refractivity contribution is 5.92. The first-order valence-electron chi connectivity index (χ1n) is 10.8. The van der Waals surface area contributed by atoms with Crippen molar-refractivity contribution < 1.29 is 15.0 Å². The molecule has 3 aromatic rings. The van der Waals surface area contributed by atoms with E-state index in [-0.39, 0.29) is 11.7 Å². The summed E-state index contributed by atoms with van der Waals surface area (Å²) in [6.07, 6.45) is 1.10. The number of aromatic hydroxyl groups is 1. The zero-order valence-electron chi connectivity index (χ0n) is 18.0. The number of hydrogen-bond acceptors (Lipinski definition) is 5. The normalized spacial score (nSPS) is 16.5. The Morgan fingerprint density at radius 3 is 2.77 bits per heavy atom. The molecule has 0 saturated carbocycles. The molecule has 0 spiro atoms. The molecule has 1 saturated heterocycles. The molecule has 31 heavy (non-hydrogen) atoms. The molecule has 1 aliphatic rings. The third-order valence-corrected chi connectivity index (χ3v) is 5.93. The molecule has 4 rings (SSSR count). The van der Waals surface area contributed by atoms with E-state index < -0.39 is 6.09 Å². The second-order valence-electron chi connectivity index (χ2n) is 8.18. The molecule has 0 aliphatic carbocycles. The summed E-state index contributed by atoms with van der Waals surface area (Å²) in [7, 11) is 0. The van der Waals surface area contributed by atoms with E-state index in [1.807, 2.05) is 38.1 Å². The zero-order chi connectivity index (χ0) is 22.0. The lowest BCUT2D eigenvalue weighted by Gasteiger charge is -2.36. The summed E-state index contributed by atoms with van der Waals surface area (Å²) in [6, 6.07) is 13.2. The molecule has 1 aliphatic heterocycles. The Balaban J connectivity index is 1.73. The van der Waals surface area contributed by atoms with Crippen LogP contribution in [-0.4, -0.2) is 57.4 Å². The van der Waals surface area contributed by atoms with Gasteiger partial charge in [-0.05, 0) is 62.4 Å².